The molecule has 0 aromatic carbocycles. The molecule has 0 radical (unpaired) electrons. The van der Waals surface area contributed by atoms with E-state index in [0.29, 0.717) is 5.91 Å². The van der Waals surface area contributed by atoms with E-state index >= 15 is 0 Å². The van der Waals surface area contributed by atoms with Crippen LogP contribution in [0, 0.1) is 11.8 Å². The first-order valence-corrected chi connectivity index (χ1v) is 10.6. The summed E-state index contributed by atoms with van der Waals surface area (Å²) in [5.41, 5.74) is 0.0669. The van der Waals surface area contributed by atoms with Crippen LogP contribution in [-0.4, -0.2) is 61.6 Å². The average molecular weight is 351 g/mol. The van der Waals surface area contributed by atoms with Gasteiger partial charge in [0.05, 0.1) is 5.60 Å². The molecule has 1 amide bonds. The van der Waals surface area contributed by atoms with Crippen molar-refractivity contribution in [2.45, 2.75) is 76.2 Å². The van der Waals surface area contributed by atoms with Crippen molar-refractivity contribution in [2.75, 3.05) is 40.3 Å². The van der Waals surface area contributed by atoms with Crippen LogP contribution in [0.25, 0.3) is 0 Å². The van der Waals surface area contributed by atoms with Crippen molar-refractivity contribution in [3.63, 3.8) is 0 Å². The molecule has 3 aliphatic rings. The van der Waals surface area contributed by atoms with Crippen molar-refractivity contribution in [2.24, 2.45) is 11.8 Å². The number of hydrogen-bond donors (Lipinski definition) is 0. The van der Waals surface area contributed by atoms with E-state index < -0.39 is 0 Å². The molecule has 4 nitrogen and oxygen atoms in total. The van der Waals surface area contributed by atoms with Crippen molar-refractivity contribution < 1.29 is 9.53 Å². The SMILES string of the molecule is CN(C)CCC1CCOC2(CCN(C(=O)CCC3CCCC3)CC2)C1. The Kier molecular flexibility index (Phi) is 6.79. The number of amides is 1. The van der Waals surface area contributed by atoms with Crippen LogP contribution in [0.5, 0.6) is 0 Å². The van der Waals surface area contributed by atoms with E-state index in [1.807, 2.05) is 0 Å². The van der Waals surface area contributed by atoms with Gasteiger partial charge in [0.15, 0.2) is 0 Å². The molecule has 0 aromatic heterocycles. The molecule has 0 N–H and O–H groups in total. The lowest BCUT2D eigenvalue weighted by atomic mass is 9.78. The topological polar surface area (TPSA) is 32.8 Å². The Morgan fingerprint density at radius 1 is 1.08 bits per heavy atom. The molecule has 2 heterocycles. The van der Waals surface area contributed by atoms with E-state index in [0.717, 1.165) is 57.2 Å². The quantitative estimate of drug-likeness (QED) is 0.732. The van der Waals surface area contributed by atoms with Gasteiger partial charge in [0.2, 0.25) is 5.91 Å². The van der Waals surface area contributed by atoms with E-state index in [1.54, 1.807) is 0 Å². The molecule has 0 aromatic rings. The van der Waals surface area contributed by atoms with Gasteiger partial charge < -0.3 is 14.5 Å². The van der Waals surface area contributed by atoms with Crippen molar-refractivity contribution in [3.05, 3.63) is 0 Å². The summed E-state index contributed by atoms with van der Waals surface area (Å²) >= 11 is 0. The molecule has 0 bridgehead atoms. The molecule has 1 unspecified atom stereocenters. The Morgan fingerprint density at radius 2 is 1.80 bits per heavy atom. The normalized spacial score (nSPS) is 27.3. The third kappa shape index (κ3) is 5.43. The van der Waals surface area contributed by atoms with Gasteiger partial charge in [-0.05, 0) is 71.0 Å². The molecule has 1 spiro atoms. The number of likely N-dealkylation sites (tertiary alicyclic amines) is 1. The highest BCUT2D eigenvalue weighted by Crippen LogP contribution is 2.39. The Balaban J connectivity index is 1.41. The molecule has 25 heavy (non-hydrogen) atoms. The largest absolute Gasteiger partial charge is 0.375 e. The Bertz CT molecular complexity index is 424. The minimum atomic E-state index is 0.0669. The van der Waals surface area contributed by atoms with Crippen LogP contribution < -0.4 is 0 Å². The standard InChI is InChI=1S/C21H38N2O2/c1-22(2)13-9-19-10-16-25-21(17-19)11-14-23(15-12-21)20(24)8-7-18-5-3-4-6-18/h18-19H,3-17H2,1-2H3. The number of hydrogen-bond acceptors (Lipinski definition) is 3. The number of carbonyl (C=O) groups excluding carboxylic acids is 1. The second kappa shape index (κ2) is 8.85. The van der Waals surface area contributed by atoms with Crippen LogP contribution >= 0.6 is 0 Å². The number of piperidine rings is 1. The summed E-state index contributed by atoms with van der Waals surface area (Å²) in [7, 11) is 4.32. The second-order valence-corrected chi connectivity index (χ2v) is 9.05. The van der Waals surface area contributed by atoms with Crippen LogP contribution in [0.15, 0.2) is 0 Å². The van der Waals surface area contributed by atoms with E-state index in [4.69, 9.17) is 4.74 Å². The summed E-state index contributed by atoms with van der Waals surface area (Å²) in [6.07, 6.45) is 13.1. The molecule has 3 fully saturated rings. The van der Waals surface area contributed by atoms with Gasteiger partial charge in [-0.25, -0.2) is 0 Å². The molecular weight excluding hydrogens is 312 g/mol. The van der Waals surface area contributed by atoms with Crippen LogP contribution in [0.3, 0.4) is 0 Å². The lowest BCUT2D eigenvalue weighted by Crippen LogP contribution is -2.51. The summed E-state index contributed by atoms with van der Waals surface area (Å²) in [6, 6.07) is 0. The summed E-state index contributed by atoms with van der Waals surface area (Å²) in [5, 5.41) is 0. The molecule has 3 rings (SSSR count). The molecule has 1 saturated carbocycles. The summed E-state index contributed by atoms with van der Waals surface area (Å²) < 4.78 is 6.26. The van der Waals surface area contributed by atoms with Crippen molar-refractivity contribution in [1.29, 1.82) is 0 Å². The summed E-state index contributed by atoms with van der Waals surface area (Å²) in [6.45, 7) is 3.90. The fourth-order valence-electron chi connectivity index (χ4n) is 5.11. The highest BCUT2D eigenvalue weighted by Gasteiger charge is 2.40. The minimum absolute atomic E-state index is 0.0669. The third-order valence-corrected chi connectivity index (χ3v) is 6.85. The van der Waals surface area contributed by atoms with Crippen LogP contribution in [0.1, 0.15) is 70.6 Å². The zero-order valence-electron chi connectivity index (χ0n) is 16.5. The Hall–Kier alpha value is -0.610. The van der Waals surface area contributed by atoms with Gasteiger partial charge in [-0.15, -0.1) is 0 Å². The van der Waals surface area contributed by atoms with Gasteiger partial charge in [-0.2, -0.15) is 0 Å². The molecule has 4 heteroatoms. The highest BCUT2D eigenvalue weighted by molar-refractivity contribution is 5.76. The Morgan fingerprint density at radius 3 is 2.48 bits per heavy atom. The fraction of sp³-hybridized carbons (Fsp3) is 0.952. The second-order valence-electron chi connectivity index (χ2n) is 9.05. The number of rotatable bonds is 6. The zero-order valence-corrected chi connectivity index (χ0v) is 16.5. The summed E-state index contributed by atoms with van der Waals surface area (Å²) in [5.74, 6) is 2.00. The highest BCUT2D eigenvalue weighted by atomic mass is 16.5. The van der Waals surface area contributed by atoms with Gasteiger partial charge in [0, 0.05) is 26.1 Å². The van der Waals surface area contributed by atoms with Gasteiger partial charge in [-0.3, -0.25) is 4.79 Å². The molecule has 2 aliphatic heterocycles. The average Bonchev–Trinajstić information content (AvgIpc) is 3.12. The van der Waals surface area contributed by atoms with Crippen LogP contribution in [-0.2, 0) is 9.53 Å². The molecule has 144 valence electrons. The smallest absolute Gasteiger partial charge is 0.222 e. The van der Waals surface area contributed by atoms with Crippen LogP contribution in [0.2, 0.25) is 0 Å². The van der Waals surface area contributed by atoms with E-state index in [9.17, 15) is 4.79 Å². The van der Waals surface area contributed by atoms with E-state index in [-0.39, 0.29) is 5.60 Å². The fourth-order valence-corrected chi connectivity index (χ4v) is 5.11. The summed E-state index contributed by atoms with van der Waals surface area (Å²) in [4.78, 5) is 17.0. The number of carbonyl (C=O) groups is 1. The maximum atomic E-state index is 12.5. The number of ether oxygens (including phenoxy) is 1. The lowest BCUT2D eigenvalue weighted by Gasteiger charge is -2.46. The first-order valence-electron chi connectivity index (χ1n) is 10.6. The van der Waals surface area contributed by atoms with E-state index in [2.05, 4.69) is 23.9 Å². The molecular formula is C21H38N2O2. The van der Waals surface area contributed by atoms with Gasteiger partial charge >= 0.3 is 0 Å². The monoisotopic (exact) mass is 350 g/mol. The molecule has 1 atom stereocenters. The Labute approximate surface area is 154 Å². The lowest BCUT2D eigenvalue weighted by molar-refractivity contribution is -0.147. The van der Waals surface area contributed by atoms with E-state index in [1.165, 1.54) is 51.5 Å². The first kappa shape index (κ1) is 19.2. The van der Waals surface area contributed by atoms with Crippen molar-refractivity contribution >= 4 is 5.91 Å². The van der Waals surface area contributed by atoms with Crippen molar-refractivity contribution in [1.82, 2.24) is 9.80 Å². The van der Waals surface area contributed by atoms with Gasteiger partial charge in [0.25, 0.3) is 0 Å². The predicted octanol–water partition coefficient (Wildman–Crippen LogP) is 3.70. The molecule has 2 saturated heterocycles. The predicted molar refractivity (Wildman–Crippen MR) is 102 cm³/mol. The van der Waals surface area contributed by atoms with Crippen LogP contribution in [0.4, 0.5) is 0 Å². The van der Waals surface area contributed by atoms with Gasteiger partial charge in [0.1, 0.15) is 0 Å². The van der Waals surface area contributed by atoms with Crippen molar-refractivity contribution in [3.8, 4) is 0 Å². The minimum Gasteiger partial charge on any atom is -0.375 e. The third-order valence-electron chi connectivity index (χ3n) is 6.85. The maximum absolute atomic E-state index is 12.5. The number of nitrogens with zero attached hydrogens (tertiary/aromatic N) is 2. The first-order chi connectivity index (χ1) is 12.1. The van der Waals surface area contributed by atoms with Gasteiger partial charge in [-0.1, -0.05) is 25.7 Å². The zero-order chi connectivity index (χ0) is 17.7. The maximum Gasteiger partial charge on any atom is 0.222 e. The molecule has 1 aliphatic carbocycles.